The first kappa shape index (κ1) is 33.3. The number of fused-ring (bicyclic) bond motifs is 3. The molecule has 0 fully saturated rings. The minimum absolute atomic E-state index is 0.109. The third-order valence-corrected chi connectivity index (χ3v) is 9.77. The normalized spacial score (nSPS) is 11.9. The van der Waals surface area contributed by atoms with Crippen molar-refractivity contribution in [1.29, 1.82) is 0 Å². The molecule has 0 aliphatic heterocycles. The second kappa shape index (κ2) is 14.0. The lowest BCUT2D eigenvalue weighted by Crippen LogP contribution is -2.10. The molecule has 3 heterocycles. The predicted octanol–water partition coefficient (Wildman–Crippen LogP) is 12.1. The first-order chi connectivity index (χ1) is 24.2. The summed E-state index contributed by atoms with van der Waals surface area (Å²) in [5, 5.41) is 7.63. The summed E-state index contributed by atoms with van der Waals surface area (Å²) in [5.74, 6) is 2.45. The van der Waals surface area contributed by atoms with Crippen LogP contribution < -0.4 is 4.74 Å². The quantitative estimate of drug-likeness (QED) is 0.130. The molecule has 0 N–H and O–H groups in total. The van der Waals surface area contributed by atoms with E-state index >= 15 is 0 Å². The first-order valence-corrected chi connectivity index (χ1v) is 18.2. The van der Waals surface area contributed by atoms with Gasteiger partial charge in [-0.15, -0.1) is 0 Å². The molecule has 50 heavy (non-hydrogen) atoms. The summed E-state index contributed by atoms with van der Waals surface area (Å²) in [4.78, 5) is 4.75. The first-order valence-electron chi connectivity index (χ1n) is 18.2. The zero-order chi connectivity index (χ0) is 34.8. The van der Waals surface area contributed by atoms with Gasteiger partial charge < -0.3 is 4.74 Å². The predicted molar refractivity (Wildman–Crippen MR) is 208 cm³/mol. The molecule has 0 amide bonds. The lowest BCUT2D eigenvalue weighted by molar-refractivity contribution is 0.482. The number of aromatic nitrogens is 4. The zero-order valence-electron chi connectivity index (χ0n) is 30.3. The minimum Gasteiger partial charge on any atom is -0.457 e. The molecule has 3 aromatic heterocycles. The number of benzene rings is 4. The van der Waals surface area contributed by atoms with E-state index in [4.69, 9.17) is 14.8 Å². The van der Waals surface area contributed by atoms with Crippen LogP contribution in [0.4, 0.5) is 0 Å². The van der Waals surface area contributed by atoms with Gasteiger partial charge in [-0.2, -0.15) is 5.10 Å². The van der Waals surface area contributed by atoms with Crippen molar-refractivity contribution in [3.8, 4) is 34.1 Å². The van der Waals surface area contributed by atoms with Crippen molar-refractivity contribution in [3.05, 3.63) is 132 Å². The van der Waals surface area contributed by atoms with Gasteiger partial charge in [0.25, 0.3) is 0 Å². The van der Waals surface area contributed by atoms with E-state index < -0.39 is 0 Å². The molecule has 7 aromatic rings. The number of para-hydroxylation sites is 1. The Bertz CT molecular complexity index is 2270. The van der Waals surface area contributed by atoms with Crippen molar-refractivity contribution in [1.82, 2.24) is 19.3 Å². The van der Waals surface area contributed by atoms with Crippen LogP contribution in [0.15, 0.2) is 109 Å². The van der Waals surface area contributed by atoms with Crippen LogP contribution in [-0.4, -0.2) is 19.3 Å². The van der Waals surface area contributed by atoms with E-state index in [1.165, 1.54) is 58.0 Å². The summed E-state index contributed by atoms with van der Waals surface area (Å²) in [6.07, 6.45) is 8.53. The SMILES string of the molecule is CCCCCCc1c(-c2ccc(C(C)(C)C)cc2)c(CC)nn1-c1cccc(Oc2ccc3c4ccccc4n(-c4cc(C)ccn4)c3c2)c1. The van der Waals surface area contributed by atoms with Gasteiger partial charge in [0.15, 0.2) is 0 Å². The van der Waals surface area contributed by atoms with E-state index in [9.17, 15) is 0 Å². The van der Waals surface area contributed by atoms with Crippen LogP contribution in [0, 0.1) is 6.92 Å². The lowest BCUT2D eigenvalue weighted by Gasteiger charge is -2.19. The number of hydrogen-bond acceptors (Lipinski definition) is 3. The Kier molecular flexibility index (Phi) is 9.33. The van der Waals surface area contributed by atoms with Crippen LogP contribution in [-0.2, 0) is 18.3 Å². The van der Waals surface area contributed by atoms with Gasteiger partial charge in [0.05, 0.1) is 28.1 Å². The maximum Gasteiger partial charge on any atom is 0.137 e. The monoisotopic (exact) mass is 660 g/mol. The maximum absolute atomic E-state index is 6.63. The molecule has 5 nitrogen and oxygen atoms in total. The minimum atomic E-state index is 0.109. The molecule has 0 saturated carbocycles. The topological polar surface area (TPSA) is 44.9 Å². The van der Waals surface area contributed by atoms with Gasteiger partial charge in [-0.3, -0.25) is 4.57 Å². The third kappa shape index (κ3) is 6.57. The Morgan fingerprint density at radius 2 is 1.50 bits per heavy atom. The summed E-state index contributed by atoms with van der Waals surface area (Å²) < 4.78 is 11.0. The fraction of sp³-hybridized carbons (Fsp3) is 0.289. The van der Waals surface area contributed by atoms with Gasteiger partial charge in [-0.1, -0.05) is 102 Å². The average molecular weight is 661 g/mol. The van der Waals surface area contributed by atoms with Crippen molar-refractivity contribution in [3.63, 3.8) is 0 Å². The molecule has 0 unspecified atom stereocenters. The van der Waals surface area contributed by atoms with Crippen molar-refractivity contribution in [2.75, 3.05) is 0 Å². The Hall–Kier alpha value is -5.16. The van der Waals surface area contributed by atoms with Crippen molar-refractivity contribution >= 4 is 21.8 Å². The molecule has 4 aromatic carbocycles. The smallest absolute Gasteiger partial charge is 0.137 e. The van der Waals surface area contributed by atoms with Crippen LogP contribution in [0.25, 0.3) is 44.4 Å². The molecule has 0 saturated heterocycles. The number of ether oxygens (including phenoxy) is 1. The van der Waals surface area contributed by atoms with Crippen molar-refractivity contribution < 1.29 is 4.74 Å². The van der Waals surface area contributed by atoms with E-state index in [2.05, 4.69) is 142 Å². The van der Waals surface area contributed by atoms with Gasteiger partial charge >= 0.3 is 0 Å². The Labute approximate surface area is 296 Å². The summed E-state index contributed by atoms with van der Waals surface area (Å²) >= 11 is 0. The lowest BCUT2D eigenvalue weighted by atomic mass is 9.86. The Morgan fingerprint density at radius 1 is 0.720 bits per heavy atom. The van der Waals surface area contributed by atoms with Crippen molar-refractivity contribution in [2.24, 2.45) is 0 Å². The second-order valence-electron chi connectivity index (χ2n) is 14.5. The highest BCUT2D eigenvalue weighted by molar-refractivity contribution is 6.09. The molecule has 0 aliphatic rings. The number of aryl methyl sites for hydroxylation is 2. The molecular formula is C45H48N4O. The summed E-state index contributed by atoms with van der Waals surface area (Å²) in [7, 11) is 0. The van der Waals surface area contributed by atoms with E-state index in [-0.39, 0.29) is 5.41 Å². The highest BCUT2D eigenvalue weighted by Crippen LogP contribution is 2.37. The molecule has 0 bridgehead atoms. The van der Waals surface area contributed by atoms with Gasteiger partial charge in [0.1, 0.15) is 17.3 Å². The van der Waals surface area contributed by atoms with Crippen LogP contribution in [0.3, 0.4) is 0 Å². The zero-order valence-corrected chi connectivity index (χ0v) is 30.3. The summed E-state index contributed by atoms with van der Waals surface area (Å²) in [5.41, 5.74) is 10.7. The molecule has 7 rings (SSSR count). The molecule has 0 aliphatic carbocycles. The van der Waals surface area contributed by atoms with E-state index in [1.807, 2.05) is 18.3 Å². The average Bonchev–Trinajstić information content (AvgIpc) is 3.65. The van der Waals surface area contributed by atoms with Crippen LogP contribution >= 0.6 is 0 Å². The van der Waals surface area contributed by atoms with Gasteiger partial charge in [0, 0.05) is 34.7 Å². The van der Waals surface area contributed by atoms with E-state index in [0.717, 1.165) is 59.0 Å². The number of nitrogens with zero attached hydrogens (tertiary/aromatic N) is 4. The Balaban J connectivity index is 1.28. The summed E-state index contributed by atoms with van der Waals surface area (Å²) in [6.45, 7) is 13.4. The summed E-state index contributed by atoms with van der Waals surface area (Å²) in [6, 6.07) is 36.5. The fourth-order valence-electron chi connectivity index (χ4n) is 7.10. The highest BCUT2D eigenvalue weighted by Gasteiger charge is 2.21. The standard InChI is InChI=1S/C45H48N4O/c1-7-9-10-11-19-41-44(32-20-22-33(23-21-32)45(4,5)6)39(8-2)47-49(41)34-15-14-16-35(29-34)50-36-24-25-38-37-17-12-13-18-40(37)48(42(38)30-36)43-28-31(3)26-27-46-43/h12-18,20-30H,7-11,19H2,1-6H3. The largest absolute Gasteiger partial charge is 0.457 e. The number of unbranched alkanes of at least 4 members (excludes halogenated alkanes) is 3. The van der Waals surface area contributed by atoms with Gasteiger partial charge in [0.2, 0.25) is 0 Å². The van der Waals surface area contributed by atoms with E-state index in [0.29, 0.717) is 0 Å². The number of hydrogen-bond donors (Lipinski definition) is 0. The molecule has 0 atom stereocenters. The molecule has 0 radical (unpaired) electrons. The maximum atomic E-state index is 6.63. The van der Waals surface area contributed by atoms with Crippen LogP contribution in [0.1, 0.15) is 82.8 Å². The van der Waals surface area contributed by atoms with Gasteiger partial charge in [-0.25, -0.2) is 9.67 Å². The van der Waals surface area contributed by atoms with Crippen molar-refractivity contribution in [2.45, 2.75) is 85.5 Å². The number of rotatable bonds is 11. The third-order valence-electron chi connectivity index (χ3n) is 9.77. The number of pyridine rings is 1. The van der Waals surface area contributed by atoms with Crippen LogP contribution in [0.2, 0.25) is 0 Å². The molecule has 5 heteroatoms. The van der Waals surface area contributed by atoms with Crippen LogP contribution in [0.5, 0.6) is 11.5 Å². The highest BCUT2D eigenvalue weighted by atomic mass is 16.5. The second-order valence-corrected chi connectivity index (χ2v) is 14.5. The molecule has 254 valence electrons. The molecular weight excluding hydrogens is 613 g/mol. The molecule has 0 spiro atoms. The Morgan fingerprint density at radius 3 is 2.26 bits per heavy atom. The van der Waals surface area contributed by atoms with E-state index in [1.54, 1.807) is 0 Å². The fourth-order valence-corrected chi connectivity index (χ4v) is 7.10. The van der Waals surface area contributed by atoms with Gasteiger partial charge in [-0.05, 0) is 90.8 Å².